The van der Waals surface area contributed by atoms with Crippen LogP contribution < -0.4 is 0 Å². The van der Waals surface area contributed by atoms with Gasteiger partial charge in [0.05, 0.1) is 12.7 Å². The monoisotopic (exact) mass is 218 g/mol. The second-order valence-corrected chi connectivity index (χ2v) is 4.40. The Balaban J connectivity index is 1.99. The first-order valence-electron chi connectivity index (χ1n) is 5.96. The number of fused-ring (bicyclic) bond motifs is 1. The Morgan fingerprint density at radius 3 is 3.06 bits per heavy atom. The first kappa shape index (κ1) is 11.3. The Morgan fingerprint density at radius 1 is 1.44 bits per heavy atom. The van der Waals surface area contributed by atoms with Crippen LogP contribution in [0.5, 0.6) is 0 Å². The molecule has 0 saturated heterocycles. The summed E-state index contributed by atoms with van der Waals surface area (Å²) < 4.78 is 5.80. The zero-order valence-electron chi connectivity index (χ0n) is 9.74. The van der Waals surface area contributed by atoms with Crippen molar-refractivity contribution < 1.29 is 9.53 Å². The molecule has 1 aliphatic rings. The van der Waals surface area contributed by atoms with Crippen LogP contribution in [0.15, 0.2) is 24.3 Å². The maximum Gasteiger partial charge on any atom is 0.132 e. The Morgan fingerprint density at radius 2 is 2.25 bits per heavy atom. The maximum atomic E-state index is 10.9. The number of hydrogen-bond acceptors (Lipinski definition) is 2. The molecule has 0 N–H and O–H groups in total. The van der Waals surface area contributed by atoms with Crippen molar-refractivity contribution in [3.63, 3.8) is 0 Å². The Labute approximate surface area is 96.6 Å². The summed E-state index contributed by atoms with van der Waals surface area (Å²) in [6, 6.07) is 8.46. The van der Waals surface area contributed by atoms with E-state index in [-0.39, 0.29) is 11.9 Å². The minimum Gasteiger partial charge on any atom is -0.373 e. The van der Waals surface area contributed by atoms with Gasteiger partial charge in [0.2, 0.25) is 0 Å². The zero-order chi connectivity index (χ0) is 11.4. The third kappa shape index (κ3) is 2.70. The minimum absolute atomic E-state index is 0.198. The molecule has 1 atom stereocenters. The smallest absolute Gasteiger partial charge is 0.132 e. The minimum atomic E-state index is 0.198. The molecule has 1 aliphatic carbocycles. The lowest BCUT2D eigenvalue weighted by Crippen LogP contribution is -2.14. The van der Waals surface area contributed by atoms with E-state index >= 15 is 0 Å². The molecule has 1 aromatic rings. The summed E-state index contributed by atoms with van der Waals surface area (Å²) in [5.41, 5.74) is 2.72. The number of rotatable bonds is 4. The Hall–Kier alpha value is -1.15. The van der Waals surface area contributed by atoms with Crippen molar-refractivity contribution >= 4 is 5.78 Å². The van der Waals surface area contributed by atoms with Crippen molar-refractivity contribution in [2.45, 2.75) is 38.7 Å². The lowest BCUT2D eigenvalue weighted by atomic mass is 9.89. The second kappa shape index (κ2) is 5.26. The van der Waals surface area contributed by atoms with Gasteiger partial charge in [0.1, 0.15) is 5.78 Å². The fourth-order valence-electron chi connectivity index (χ4n) is 2.23. The molecule has 1 aromatic carbocycles. The largest absolute Gasteiger partial charge is 0.373 e. The van der Waals surface area contributed by atoms with E-state index in [1.807, 2.05) is 0 Å². The van der Waals surface area contributed by atoms with E-state index in [1.54, 1.807) is 6.92 Å². The molecule has 0 bridgehead atoms. The summed E-state index contributed by atoms with van der Waals surface area (Å²) in [7, 11) is 0. The van der Waals surface area contributed by atoms with Gasteiger partial charge in [-0.2, -0.15) is 0 Å². The molecular weight excluding hydrogens is 200 g/mol. The molecule has 2 nitrogen and oxygen atoms in total. The third-order valence-electron chi connectivity index (χ3n) is 3.09. The van der Waals surface area contributed by atoms with Crippen LogP contribution in [0, 0.1) is 0 Å². The van der Waals surface area contributed by atoms with Crippen molar-refractivity contribution in [2.75, 3.05) is 6.61 Å². The van der Waals surface area contributed by atoms with Crippen LogP contribution in [0.3, 0.4) is 0 Å². The highest BCUT2D eigenvalue weighted by Gasteiger charge is 2.19. The van der Waals surface area contributed by atoms with E-state index in [0.717, 1.165) is 12.8 Å². The second-order valence-electron chi connectivity index (χ2n) is 4.40. The van der Waals surface area contributed by atoms with Crippen molar-refractivity contribution in [1.29, 1.82) is 0 Å². The molecule has 2 heteroatoms. The first-order valence-corrected chi connectivity index (χ1v) is 5.96. The summed E-state index contributed by atoms with van der Waals surface area (Å²) in [5.74, 6) is 0.198. The molecule has 2 rings (SSSR count). The summed E-state index contributed by atoms with van der Waals surface area (Å²) >= 11 is 0. The normalized spacial score (nSPS) is 19.2. The van der Waals surface area contributed by atoms with E-state index in [2.05, 4.69) is 24.3 Å². The number of Topliss-reactive ketones (excluding diaryl/α,β-unsaturated/α-hetero) is 1. The third-order valence-corrected chi connectivity index (χ3v) is 3.09. The highest BCUT2D eigenvalue weighted by molar-refractivity contribution is 5.75. The molecule has 16 heavy (non-hydrogen) atoms. The van der Waals surface area contributed by atoms with Crippen LogP contribution in [0.2, 0.25) is 0 Å². The van der Waals surface area contributed by atoms with Gasteiger partial charge >= 0.3 is 0 Å². The zero-order valence-corrected chi connectivity index (χ0v) is 9.74. The van der Waals surface area contributed by atoms with E-state index in [1.165, 1.54) is 17.5 Å². The van der Waals surface area contributed by atoms with Crippen molar-refractivity contribution in [2.24, 2.45) is 0 Å². The number of hydrogen-bond donors (Lipinski definition) is 0. The van der Waals surface area contributed by atoms with Crippen LogP contribution >= 0.6 is 0 Å². The summed E-state index contributed by atoms with van der Waals surface area (Å²) in [6.45, 7) is 2.16. The lowest BCUT2D eigenvalue weighted by Gasteiger charge is -2.25. The van der Waals surface area contributed by atoms with Gasteiger partial charge in [-0.1, -0.05) is 24.3 Å². The number of aryl methyl sites for hydroxylation is 1. The molecule has 0 aliphatic heterocycles. The van der Waals surface area contributed by atoms with Crippen LogP contribution in [-0.2, 0) is 16.0 Å². The fraction of sp³-hybridized carbons (Fsp3) is 0.500. The van der Waals surface area contributed by atoms with Crippen LogP contribution in [0.4, 0.5) is 0 Å². The van der Waals surface area contributed by atoms with E-state index < -0.39 is 0 Å². The van der Waals surface area contributed by atoms with Crippen molar-refractivity contribution in [3.05, 3.63) is 35.4 Å². The van der Waals surface area contributed by atoms with Gasteiger partial charge in [-0.25, -0.2) is 0 Å². The molecular formula is C14H18O2. The molecule has 0 saturated carbocycles. The fourth-order valence-corrected chi connectivity index (χ4v) is 2.23. The molecule has 0 radical (unpaired) electrons. The predicted molar refractivity (Wildman–Crippen MR) is 63.4 cm³/mol. The first-order chi connectivity index (χ1) is 7.77. The van der Waals surface area contributed by atoms with Crippen molar-refractivity contribution in [1.82, 2.24) is 0 Å². The molecule has 1 unspecified atom stereocenters. The highest BCUT2D eigenvalue weighted by Crippen LogP contribution is 2.32. The molecule has 86 valence electrons. The van der Waals surface area contributed by atoms with E-state index in [4.69, 9.17) is 4.74 Å². The van der Waals surface area contributed by atoms with Crippen LogP contribution in [0.25, 0.3) is 0 Å². The van der Waals surface area contributed by atoms with Gasteiger partial charge in [0, 0.05) is 6.42 Å². The molecule has 0 aromatic heterocycles. The van der Waals surface area contributed by atoms with Gasteiger partial charge in [0.15, 0.2) is 0 Å². The summed E-state index contributed by atoms with van der Waals surface area (Å²) in [5, 5.41) is 0. The molecule has 0 amide bonds. The average molecular weight is 218 g/mol. The van der Waals surface area contributed by atoms with Crippen LogP contribution in [0.1, 0.15) is 43.4 Å². The van der Waals surface area contributed by atoms with Gasteiger partial charge < -0.3 is 4.74 Å². The highest BCUT2D eigenvalue weighted by atomic mass is 16.5. The summed E-state index contributed by atoms with van der Waals surface area (Å²) in [4.78, 5) is 10.9. The Kier molecular flexibility index (Phi) is 3.73. The molecule has 0 fully saturated rings. The van der Waals surface area contributed by atoms with Crippen molar-refractivity contribution in [3.8, 4) is 0 Å². The lowest BCUT2D eigenvalue weighted by molar-refractivity contribution is -0.118. The predicted octanol–water partition coefficient (Wildman–Crippen LogP) is 3.06. The summed E-state index contributed by atoms with van der Waals surface area (Å²) in [6.07, 6.45) is 4.14. The number of carbonyl (C=O) groups excluding carboxylic acids is 1. The molecule has 0 spiro atoms. The molecule has 0 heterocycles. The number of benzene rings is 1. The van der Waals surface area contributed by atoms with E-state index in [0.29, 0.717) is 13.0 Å². The standard InChI is InChI=1S/C14H18O2/c1-11(15)9-10-16-14-8-4-6-12-5-2-3-7-13(12)14/h2-3,5,7,14H,4,6,8-10H2,1H3. The van der Waals surface area contributed by atoms with Gasteiger partial charge in [0.25, 0.3) is 0 Å². The number of ether oxygens (including phenoxy) is 1. The number of carbonyl (C=O) groups is 1. The maximum absolute atomic E-state index is 10.9. The number of ketones is 1. The van der Waals surface area contributed by atoms with Gasteiger partial charge in [-0.15, -0.1) is 0 Å². The Bertz CT molecular complexity index is 371. The van der Waals surface area contributed by atoms with Gasteiger partial charge in [-0.05, 0) is 37.3 Å². The SMILES string of the molecule is CC(=O)CCOC1CCCc2ccccc21. The topological polar surface area (TPSA) is 26.3 Å². The average Bonchev–Trinajstić information content (AvgIpc) is 2.29. The van der Waals surface area contributed by atoms with E-state index in [9.17, 15) is 4.79 Å². The quantitative estimate of drug-likeness (QED) is 0.776. The van der Waals surface area contributed by atoms with Gasteiger partial charge in [-0.3, -0.25) is 4.79 Å². The van der Waals surface area contributed by atoms with Crippen LogP contribution in [-0.4, -0.2) is 12.4 Å².